The lowest BCUT2D eigenvalue weighted by Crippen LogP contribution is -2.30. The number of carbonyl (C=O) groups is 4. The Kier molecular flexibility index (Phi) is 6.07. The summed E-state index contributed by atoms with van der Waals surface area (Å²) >= 11 is 0. The largest absolute Gasteiger partial charge is 0.462 e. The van der Waals surface area contributed by atoms with E-state index in [1.165, 1.54) is 29.2 Å². The Morgan fingerprint density at radius 2 is 1.72 bits per heavy atom. The average molecular weight is 394 g/mol. The van der Waals surface area contributed by atoms with Gasteiger partial charge in [0.05, 0.1) is 23.3 Å². The highest BCUT2D eigenvalue weighted by molar-refractivity contribution is 6.22. The summed E-state index contributed by atoms with van der Waals surface area (Å²) in [5.74, 6) is -1.62. The molecule has 0 atom stereocenters. The Hall–Kier alpha value is -3.48. The zero-order valence-corrected chi connectivity index (χ0v) is 16.4. The van der Waals surface area contributed by atoms with Gasteiger partial charge in [-0.05, 0) is 49.7 Å². The normalized spacial score (nSPS) is 12.7. The fraction of sp³-hybridized carbons (Fsp3) is 0.273. The van der Waals surface area contributed by atoms with Gasteiger partial charge in [-0.3, -0.25) is 19.3 Å². The predicted octanol–water partition coefficient (Wildman–Crippen LogP) is 3.51. The third kappa shape index (κ3) is 4.18. The number of ether oxygens (including phenoxy) is 1. The zero-order chi connectivity index (χ0) is 21.0. The molecule has 29 heavy (non-hydrogen) atoms. The first kappa shape index (κ1) is 20.3. The Morgan fingerprint density at radius 1 is 0.966 bits per heavy atom. The Balaban J connectivity index is 1.78. The van der Waals surface area contributed by atoms with Crippen molar-refractivity contribution in [3.8, 4) is 0 Å². The van der Waals surface area contributed by atoms with Crippen molar-refractivity contribution >= 4 is 29.4 Å². The number of benzene rings is 2. The summed E-state index contributed by atoms with van der Waals surface area (Å²) in [7, 11) is 0. The maximum Gasteiger partial charge on any atom is 0.338 e. The lowest BCUT2D eigenvalue weighted by molar-refractivity contribution is 0.0525. The van der Waals surface area contributed by atoms with Gasteiger partial charge >= 0.3 is 5.97 Å². The highest BCUT2D eigenvalue weighted by Crippen LogP contribution is 2.25. The van der Waals surface area contributed by atoms with Gasteiger partial charge in [0.15, 0.2) is 0 Å². The van der Waals surface area contributed by atoms with E-state index in [-0.39, 0.29) is 29.5 Å². The van der Waals surface area contributed by atoms with Crippen LogP contribution in [0.2, 0.25) is 0 Å². The van der Waals surface area contributed by atoms with Crippen molar-refractivity contribution in [3.63, 3.8) is 0 Å². The minimum atomic E-state index is -0.475. The van der Waals surface area contributed by atoms with Crippen molar-refractivity contribution in [1.82, 2.24) is 4.90 Å². The molecular weight excluding hydrogens is 372 g/mol. The molecule has 2 aromatic carbocycles. The van der Waals surface area contributed by atoms with Gasteiger partial charge in [0.1, 0.15) is 0 Å². The molecule has 1 aliphatic rings. The number of hydrogen-bond donors (Lipinski definition) is 1. The number of amides is 3. The fourth-order valence-electron chi connectivity index (χ4n) is 3.09. The maximum atomic E-state index is 12.6. The SMILES string of the molecule is CCCCN1C(=O)c2ccc(C(=O)Nc3cccc(C(=O)OCC)c3)cc2C1=O. The number of carbonyl (C=O) groups excluding carboxylic acids is 4. The van der Waals surface area contributed by atoms with Crippen LogP contribution in [0.1, 0.15) is 68.1 Å². The molecule has 1 N–H and O–H groups in total. The molecule has 0 bridgehead atoms. The zero-order valence-electron chi connectivity index (χ0n) is 16.4. The third-order valence-corrected chi connectivity index (χ3v) is 4.60. The van der Waals surface area contributed by atoms with Crippen molar-refractivity contribution < 1.29 is 23.9 Å². The van der Waals surface area contributed by atoms with Crippen molar-refractivity contribution in [3.05, 3.63) is 64.7 Å². The van der Waals surface area contributed by atoms with Gasteiger partial charge in [0.2, 0.25) is 0 Å². The van der Waals surface area contributed by atoms with E-state index in [2.05, 4.69) is 5.32 Å². The van der Waals surface area contributed by atoms with Crippen LogP contribution in [-0.4, -0.2) is 41.7 Å². The highest BCUT2D eigenvalue weighted by atomic mass is 16.5. The molecular formula is C22H22N2O5. The number of fused-ring (bicyclic) bond motifs is 1. The van der Waals surface area contributed by atoms with E-state index in [1.54, 1.807) is 25.1 Å². The minimum Gasteiger partial charge on any atom is -0.462 e. The first-order chi connectivity index (χ1) is 14.0. The molecule has 0 fully saturated rings. The topological polar surface area (TPSA) is 92.8 Å². The van der Waals surface area contributed by atoms with Crippen molar-refractivity contribution in [2.45, 2.75) is 26.7 Å². The standard InChI is InChI=1S/C22H22N2O5/c1-3-5-11-24-20(26)17-10-9-14(13-18(17)21(24)27)19(25)23-16-8-6-7-15(12-16)22(28)29-4-2/h6-10,12-13H,3-5,11H2,1-2H3,(H,23,25). The second-order valence-electron chi connectivity index (χ2n) is 6.63. The third-order valence-electron chi connectivity index (χ3n) is 4.60. The van der Waals surface area contributed by atoms with Gasteiger partial charge in [-0.25, -0.2) is 4.79 Å². The summed E-state index contributed by atoms with van der Waals surface area (Å²) in [5, 5.41) is 2.70. The van der Waals surface area contributed by atoms with Gasteiger partial charge in [0.25, 0.3) is 17.7 Å². The lowest BCUT2D eigenvalue weighted by atomic mass is 10.1. The molecule has 0 aromatic heterocycles. The molecule has 0 radical (unpaired) electrons. The van der Waals surface area contributed by atoms with Crippen LogP contribution in [0, 0.1) is 0 Å². The first-order valence-corrected chi connectivity index (χ1v) is 9.55. The van der Waals surface area contributed by atoms with E-state index >= 15 is 0 Å². The first-order valence-electron chi connectivity index (χ1n) is 9.55. The Morgan fingerprint density at radius 3 is 2.45 bits per heavy atom. The second kappa shape index (κ2) is 8.68. The summed E-state index contributed by atoms with van der Waals surface area (Å²) in [6.07, 6.45) is 1.60. The van der Waals surface area contributed by atoms with Crippen LogP contribution in [0.3, 0.4) is 0 Å². The number of unbranched alkanes of at least 4 members (excludes halogenated alkanes) is 1. The van der Waals surface area contributed by atoms with Crippen LogP contribution in [-0.2, 0) is 4.74 Å². The van der Waals surface area contributed by atoms with E-state index in [9.17, 15) is 19.2 Å². The number of esters is 1. The van der Waals surface area contributed by atoms with E-state index in [0.29, 0.717) is 23.4 Å². The molecule has 150 valence electrons. The molecule has 1 aliphatic heterocycles. The highest BCUT2D eigenvalue weighted by Gasteiger charge is 2.35. The molecule has 7 heteroatoms. The second-order valence-corrected chi connectivity index (χ2v) is 6.63. The molecule has 2 aromatic rings. The van der Waals surface area contributed by atoms with Crippen molar-refractivity contribution in [2.75, 3.05) is 18.5 Å². The van der Waals surface area contributed by atoms with E-state index in [1.807, 2.05) is 6.92 Å². The van der Waals surface area contributed by atoms with Gasteiger partial charge in [-0.1, -0.05) is 19.4 Å². The number of nitrogens with zero attached hydrogens (tertiary/aromatic N) is 1. The maximum absolute atomic E-state index is 12.6. The molecule has 1 heterocycles. The minimum absolute atomic E-state index is 0.235. The molecule has 0 aliphatic carbocycles. The smallest absolute Gasteiger partial charge is 0.338 e. The Bertz CT molecular complexity index is 983. The molecule has 7 nitrogen and oxygen atoms in total. The van der Waals surface area contributed by atoms with Gasteiger partial charge in [-0.2, -0.15) is 0 Å². The molecule has 0 unspecified atom stereocenters. The number of rotatable bonds is 7. The fourth-order valence-corrected chi connectivity index (χ4v) is 3.09. The summed E-state index contributed by atoms with van der Waals surface area (Å²) in [6, 6.07) is 10.9. The number of imide groups is 1. The molecule has 0 spiro atoms. The van der Waals surface area contributed by atoms with Crippen LogP contribution in [0.25, 0.3) is 0 Å². The molecule has 0 saturated heterocycles. The van der Waals surface area contributed by atoms with Crippen molar-refractivity contribution in [1.29, 1.82) is 0 Å². The summed E-state index contributed by atoms with van der Waals surface area (Å²) in [6.45, 7) is 4.32. The van der Waals surface area contributed by atoms with Gasteiger partial charge in [0, 0.05) is 17.8 Å². The summed E-state index contributed by atoms with van der Waals surface area (Å²) < 4.78 is 4.96. The van der Waals surface area contributed by atoms with E-state index in [4.69, 9.17) is 4.74 Å². The number of nitrogens with one attached hydrogen (secondary N) is 1. The van der Waals surface area contributed by atoms with Crippen molar-refractivity contribution in [2.24, 2.45) is 0 Å². The quantitative estimate of drug-likeness (QED) is 0.573. The predicted molar refractivity (Wildman–Crippen MR) is 107 cm³/mol. The van der Waals surface area contributed by atoms with Crippen LogP contribution >= 0.6 is 0 Å². The van der Waals surface area contributed by atoms with Gasteiger partial charge in [-0.15, -0.1) is 0 Å². The average Bonchev–Trinajstić information content (AvgIpc) is 2.96. The summed E-state index contributed by atoms with van der Waals surface area (Å²) in [4.78, 5) is 50.6. The number of hydrogen-bond acceptors (Lipinski definition) is 5. The lowest BCUT2D eigenvalue weighted by Gasteiger charge is -2.12. The van der Waals surface area contributed by atoms with Crippen LogP contribution in [0.5, 0.6) is 0 Å². The molecule has 3 rings (SSSR count). The van der Waals surface area contributed by atoms with Crippen LogP contribution in [0.15, 0.2) is 42.5 Å². The number of anilines is 1. The monoisotopic (exact) mass is 394 g/mol. The molecule has 0 saturated carbocycles. The van der Waals surface area contributed by atoms with Crippen LogP contribution < -0.4 is 5.32 Å². The van der Waals surface area contributed by atoms with Gasteiger partial charge < -0.3 is 10.1 Å². The van der Waals surface area contributed by atoms with Crippen LogP contribution in [0.4, 0.5) is 5.69 Å². The Labute approximate surface area is 168 Å². The summed E-state index contributed by atoms with van der Waals surface area (Å²) in [5.41, 5.74) is 1.55. The van der Waals surface area contributed by atoms with E-state index < -0.39 is 11.9 Å². The van der Waals surface area contributed by atoms with E-state index in [0.717, 1.165) is 12.8 Å². The molecule has 3 amide bonds.